The summed E-state index contributed by atoms with van der Waals surface area (Å²) in [5, 5.41) is 0. The summed E-state index contributed by atoms with van der Waals surface area (Å²) in [5.74, 6) is -0.515. The number of carbonyl (C=O) groups excluding carboxylic acids is 1. The predicted molar refractivity (Wildman–Crippen MR) is 96.4 cm³/mol. The standard InChI is InChI=1S/C20H23FN2O2/c1-15(16-3-5-17(6-4-16)20(24)25-2)22-11-13-23(14-12-22)19-9-7-18(21)8-10-19/h3-10,15H,11-14H2,1-2H3/t15-/m0/s1. The van der Waals surface area contributed by atoms with E-state index in [4.69, 9.17) is 4.74 Å². The van der Waals surface area contributed by atoms with Crippen molar-refractivity contribution in [1.29, 1.82) is 0 Å². The summed E-state index contributed by atoms with van der Waals surface area (Å²) in [7, 11) is 1.39. The molecule has 1 saturated heterocycles. The third kappa shape index (κ3) is 3.99. The van der Waals surface area contributed by atoms with E-state index in [0.29, 0.717) is 5.56 Å². The molecule has 1 heterocycles. The summed E-state index contributed by atoms with van der Waals surface area (Å²) >= 11 is 0. The van der Waals surface area contributed by atoms with Gasteiger partial charge in [-0.1, -0.05) is 12.1 Å². The molecule has 2 aromatic carbocycles. The molecule has 0 amide bonds. The van der Waals surface area contributed by atoms with E-state index in [1.54, 1.807) is 0 Å². The average Bonchev–Trinajstić information content (AvgIpc) is 2.67. The molecule has 0 spiro atoms. The minimum absolute atomic E-state index is 0.202. The second-order valence-electron chi connectivity index (χ2n) is 6.29. The molecule has 5 heteroatoms. The maximum absolute atomic E-state index is 13.1. The first-order valence-corrected chi connectivity index (χ1v) is 8.51. The van der Waals surface area contributed by atoms with Gasteiger partial charge in [-0.25, -0.2) is 9.18 Å². The molecule has 0 radical (unpaired) electrons. The molecule has 1 fully saturated rings. The number of methoxy groups -OCH3 is 1. The molecule has 0 unspecified atom stereocenters. The van der Waals surface area contributed by atoms with Crippen molar-refractivity contribution < 1.29 is 13.9 Å². The molecule has 0 aliphatic carbocycles. The van der Waals surface area contributed by atoms with E-state index < -0.39 is 0 Å². The number of piperazine rings is 1. The highest BCUT2D eigenvalue weighted by molar-refractivity contribution is 5.89. The van der Waals surface area contributed by atoms with E-state index >= 15 is 0 Å². The maximum atomic E-state index is 13.1. The Kier molecular flexibility index (Phi) is 5.34. The number of benzene rings is 2. The van der Waals surface area contributed by atoms with Crippen LogP contribution in [-0.4, -0.2) is 44.2 Å². The SMILES string of the molecule is COC(=O)c1ccc([C@H](C)N2CCN(c3ccc(F)cc3)CC2)cc1. The molecular formula is C20H23FN2O2. The zero-order chi connectivity index (χ0) is 17.8. The Balaban J connectivity index is 1.60. The van der Waals surface area contributed by atoms with Gasteiger partial charge in [0, 0.05) is 37.9 Å². The lowest BCUT2D eigenvalue weighted by Gasteiger charge is -2.39. The van der Waals surface area contributed by atoms with Crippen LogP contribution in [0.2, 0.25) is 0 Å². The maximum Gasteiger partial charge on any atom is 0.337 e. The Morgan fingerprint density at radius 1 is 1.00 bits per heavy atom. The van der Waals surface area contributed by atoms with Crippen molar-refractivity contribution in [1.82, 2.24) is 4.90 Å². The van der Waals surface area contributed by atoms with Crippen molar-refractivity contribution in [2.24, 2.45) is 0 Å². The number of hydrogen-bond donors (Lipinski definition) is 0. The third-order valence-corrected chi connectivity index (χ3v) is 4.87. The molecule has 25 heavy (non-hydrogen) atoms. The average molecular weight is 342 g/mol. The van der Waals surface area contributed by atoms with Gasteiger partial charge in [-0.05, 0) is 48.9 Å². The van der Waals surface area contributed by atoms with Crippen LogP contribution in [0.5, 0.6) is 0 Å². The topological polar surface area (TPSA) is 32.8 Å². The van der Waals surface area contributed by atoms with Crippen molar-refractivity contribution in [3.05, 3.63) is 65.5 Å². The van der Waals surface area contributed by atoms with Gasteiger partial charge in [0.2, 0.25) is 0 Å². The smallest absolute Gasteiger partial charge is 0.337 e. The van der Waals surface area contributed by atoms with Crippen LogP contribution in [-0.2, 0) is 4.74 Å². The Hall–Kier alpha value is -2.40. The fraction of sp³-hybridized carbons (Fsp3) is 0.350. The number of nitrogens with zero attached hydrogens (tertiary/aromatic N) is 2. The van der Waals surface area contributed by atoms with Gasteiger partial charge in [0.15, 0.2) is 0 Å². The summed E-state index contributed by atoms with van der Waals surface area (Å²) in [5.41, 5.74) is 2.82. The Morgan fingerprint density at radius 3 is 2.16 bits per heavy atom. The number of anilines is 1. The number of carbonyl (C=O) groups is 1. The van der Waals surface area contributed by atoms with Crippen molar-refractivity contribution in [3.8, 4) is 0 Å². The normalized spacial score (nSPS) is 16.5. The van der Waals surface area contributed by atoms with Crippen LogP contribution >= 0.6 is 0 Å². The van der Waals surface area contributed by atoms with Crippen LogP contribution in [0.1, 0.15) is 28.9 Å². The highest BCUT2D eigenvalue weighted by atomic mass is 19.1. The molecule has 1 aliphatic heterocycles. The van der Waals surface area contributed by atoms with E-state index in [9.17, 15) is 9.18 Å². The predicted octanol–water partition coefficient (Wildman–Crippen LogP) is 3.50. The number of rotatable bonds is 4. The zero-order valence-corrected chi connectivity index (χ0v) is 14.6. The van der Waals surface area contributed by atoms with Gasteiger partial charge in [0.1, 0.15) is 5.82 Å². The van der Waals surface area contributed by atoms with E-state index in [-0.39, 0.29) is 17.8 Å². The van der Waals surface area contributed by atoms with Crippen LogP contribution in [0.15, 0.2) is 48.5 Å². The molecule has 1 aliphatic rings. The van der Waals surface area contributed by atoms with Crippen molar-refractivity contribution in [2.75, 3.05) is 38.2 Å². The van der Waals surface area contributed by atoms with Gasteiger partial charge < -0.3 is 9.64 Å². The summed E-state index contributed by atoms with van der Waals surface area (Å²) in [4.78, 5) is 16.2. The quantitative estimate of drug-likeness (QED) is 0.796. The lowest BCUT2D eigenvalue weighted by Crippen LogP contribution is -2.47. The summed E-state index contributed by atoms with van der Waals surface area (Å²) < 4.78 is 17.8. The van der Waals surface area contributed by atoms with Gasteiger partial charge in [-0.15, -0.1) is 0 Å². The molecule has 4 nitrogen and oxygen atoms in total. The van der Waals surface area contributed by atoms with Gasteiger partial charge in [0.25, 0.3) is 0 Å². The molecule has 2 aromatic rings. The number of ether oxygens (including phenoxy) is 1. The molecule has 0 bridgehead atoms. The highest BCUT2D eigenvalue weighted by Crippen LogP contribution is 2.24. The Labute approximate surface area is 147 Å². The van der Waals surface area contributed by atoms with E-state index in [0.717, 1.165) is 31.9 Å². The zero-order valence-electron chi connectivity index (χ0n) is 14.6. The van der Waals surface area contributed by atoms with Crippen LogP contribution in [0.4, 0.5) is 10.1 Å². The van der Waals surface area contributed by atoms with Gasteiger partial charge in [0.05, 0.1) is 12.7 Å². The van der Waals surface area contributed by atoms with Gasteiger partial charge >= 0.3 is 5.97 Å². The van der Waals surface area contributed by atoms with E-state index in [1.165, 1.54) is 24.8 Å². The molecule has 1 atom stereocenters. The third-order valence-electron chi connectivity index (χ3n) is 4.87. The van der Waals surface area contributed by atoms with E-state index in [1.807, 2.05) is 36.4 Å². The highest BCUT2D eigenvalue weighted by Gasteiger charge is 2.22. The Morgan fingerprint density at radius 2 is 1.60 bits per heavy atom. The first kappa shape index (κ1) is 17.4. The van der Waals surface area contributed by atoms with Crippen LogP contribution in [0.25, 0.3) is 0 Å². The van der Waals surface area contributed by atoms with Gasteiger partial charge in [-0.3, -0.25) is 4.90 Å². The fourth-order valence-electron chi connectivity index (χ4n) is 3.25. The van der Waals surface area contributed by atoms with E-state index in [2.05, 4.69) is 16.7 Å². The first-order chi connectivity index (χ1) is 12.1. The van der Waals surface area contributed by atoms with Crippen LogP contribution < -0.4 is 4.90 Å². The Bertz CT molecular complexity index is 707. The first-order valence-electron chi connectivity index (χ1n) is 8.51. The van der Waals surface area contributed by atoms with Gasteiger partial charge in [-0.2, -0.15) is 0 Å². The van der Waals surface area contributed by atoms with Crippen molar-refractivity contribution in [3.63, 3.8) is 0 Å². The lowest BCUT2D eigenvalue weighted by atomic mass is 10.0. The van der Waals surface area contributed by atoms with Crippen LogP contribution in [0.3, 0.4) is 0 Å². The fourth-order valence-corrected chi connectivity index (χ4v) is 3.25. The monoisotopic (exact) mass is 342 g/mol. The minimum atomic E-state index is -0.313. The molecular weight excluding hydrogens is 319 g/mol. The molecule has 0 saturated carbocycles. The summed E-state index contributed by atoms with van der Waals surface area (Å²) in [6, 6.07) is 14.6. The molecule has 3 rings (SSSR count). The summed E-state index contributed by atoms with van der Waals surface area (Å²) in [6.45, 7) is 5.89. The number of hydrogen-bond acceptors (Lipinski definition) is 4. The molecule has 132 valence electrons. The molecule has 0 N–H and O–H groups in total. The van der Waals surface area contributed by atoms with Crippen molar-refractivity contribution >= 4 is 11.7 Å². The number of esters is 1. The number of halogens is 1. The second-order valence-corrected chi connectivity index (χ2v) is 6.29. The van der Waals surface area contributed by atoms with Crippen molar-refractivity contribution in [2.45, 2.75) is 13.0 Å². The summed E-state index contributed by atoms with van der Waals surface area (Å²) in [6.07, 6.45) is 0. The second kappa shape index (κ2) is 7.66. The minimum Gasteiger partial charge on any atom is -0.465 e. The van der Waals surface area contributed by atoms with Crippen LogP contribution in [0, 0.1) is 5.82 Å². The molecule has 0 aromatic heterocycles. The largest absolute Gasteiger partial charge is 0.465 e. The lowest BCUT2D eigenvalue weighted by molar-refractivity contribution is 0.0600.